The van der Waals surface area contributed by atoms with Gasteiger partial charge >= 0.3 is 11.9 Å². The van der Waals surface area contributed by atoms with Crippen molar-refractivity contribution in [2.75, 3.05) is 26.3 Å². The van der Waals surface area contributed by atoms with Crippen molar-refractivity contribution in [2.24, 2.45) is 5.92 Å². The van der Waals surface area contributed by atoms with E-state index >= 15 is 0 Å². The molecule has 0 atom stereocenters. The van der Waals surface area contributed by atoms with Crippen LogP contribution in [0.25, 0.3) is 23.0 Å². The molecule has 1 aromatic heterocycles. The fraction of sp³-hybridized carbons (Fsp3) is 0.286. The number of para-hydroxylation sites is 1. The van der Waals surface area contributed by atoms with Crippen molar-refractivity contribution in [3.05, 3.63) is 78.5 Å². The Balaban J connectivity index is 1.37. The van der Waals surface area contributed by atoms with Crippen LogP contribution in [-0.2, 0) is 23.9 Å². The smallest absolute Gasteiger partial charge is 0.331 e. The van der Waals surface area contributed by atoms with Gasteiger partial charge in [-0.25, -0.2) is 9.48 Å². The monoisotopic (exact) mass is 487 g/mol. The van der Waals surface area contributed by atoms with E-state index in [1.54, 1.807) is 22.6 Å². The highest BCUT2D eigenvalue weighted by Crippen LogP contribution is 2.25. The first-order valence-electron chi connectivity index (χ1n) is 12.0. The first-order valence-corrected chi connectivity index (χ1v) is 12.0. The van der Waals surface area contributed by atoms with E-state index in [9.17, 15) is 14.4 Å². The zero-order valence-electron chi connectivity index (χ0n) is 20.2. The number of hydrogen-bond donors (Lipinski definition) is 0. The van der Waals surface area contributed by atoms with Crippen molar-refractivity contribution in [1.29, 1.82) is 0 Å². The number of esters is 2. The Morgan fingerprint density at radius 3 is 2.31 bits per heavy atom. The van der Waals surface area contributed by atoms with Gasteiger partial charge in [-0.2, -0.15) is 5.10 Å². The molecule has 1 amide bonds. The summed E-state index contributed by atoms with van der Waals surface area (Å²) >= 11 is 0. The Hall–Kier alpha value is -4.20. The molecule has 0 unspecified atom stereocenters. The summed E-state index contributed by atoms with van der Waals surface area (Å²) < 4.78 is 12.0. The molecular weight excluding hydrogens is 458 g/mol. The van der Waals surface area contributed by atoms with Gasteiger partial charge in [0.1, 0.15) is 0 Å². The Morgan fingerprint density at radius 2 is 1.64 bits per heavy atom. The highest BCUT2D eigenvalue weighted by molar-refractivity contribution is 5.90. The fourth-order valence-electron chi connectivity index (χ4n) is 4.10. The molecule has 36 heavy (non-hydrogen) atoms. The van der Waals surface area contributed by atoms with Gasteiger partial charge in [0.2, 0.25) is 0 Å². The molecule has 186 valence electrons. The number of ether oxygens (including phenoxy) is 2. The maximum atomic E-state index is 12.5. The summed E-state index contributed by atoms with van der Waals surface area (Å²) in [6.45, 7) is 2.66. The van der Waals surface area contributed by atoms with E-state index in [0.717, 1.165) is 22.5 Å². The lowest BCUT2D eigenvalue weighted by Gasteiger charge is -2.30. The van der Waals surface area contributed by atoms with Gasteiger partial charge in [0, 0.05) is 36.5 Å². The second-order valence-electron chi connectivity index (χ2n) is 8.43. The number of rotatable bonds is 8. The number of hydrogen-bond acceptors (Lipinski definition) is 6. The lowest BCUT2D eigenvalue weighted by Crippen LogP contribution is -2.42. The van der Waals surface area contributed by atoms with Gasteiger partial charge in [-0.1, -0.05) is 48.5 Å². The second kappa shape index (κ2) is 12.0. The van der Waals surface area contributed by atoms with Crippen LogP contribution in [0.15, 0.2) is 72.9 Å². The maximum Gasteiger partial charge on any atom is 0.331 e. The summed E-state index contributed by atoms with van der Waals surface area (Å²) in [5.41, 5.74) is 3.29. The number of benzene rings is 2. The fourth-order valence-corrected chi connectivity index (χ4v) is 4.10. The normalized spacial score (nSPS) is 14.1. The number of amides is 1. The van der Waals surface area contributed by atoms with Crippen molar-refractivity contribution in [3.8, 4) is 16.9 Å². The first kappa shape index (κ1) is 24.9. The molecule has 1 aliphatic heterocycles. The molecule has 1 aliphatic rings. The molecule has 3 aromatic rings. The van der Waals surface area contributed by atoms with Gasteiger partial charge in [0.25, 0.3) is 5.91 Å². The largest absolute Gasteiger partial charge is 0.466 e. The second-order valence-corrected chi connectivity index (χ2v) is 8.43. The minimum absolute atomic E-state index is 0.185. The van der Waals surface area contributed by atoms with Crippen LogP contribution in [0.5, 0.6) is 0 Å². The lowest BCUT2D eigenvalue weighted by molar-refractivity contribution is -0.153. The summed E-state index contributed by atoms with van der Waals surface area (Å²) in [5, 5.41) is 4.71. The number of piperidine rings is 1. The molecule has 0 radical (unpaired) electrons. The van der Waals surface area contributed by atoms with Gasteiger partial charge < -0.3 is 14.4 Å². The third-order valence-electron chi connectivity index (χ3n) is 6.01. The zero-order valence-corrected chi connectivity index (χ0v) is 20.2. The SMILES string of the molecule is CCOC(=O)C1CCN(C(=O)COC(=O)/C=C/c2cn(-c3ccccc3)nc2-c2ccccc2)CC1. The Labute approximate surface area is 210 Å². The predicted octanol–water partition coefficient (Wildman–Crippen LogP) is 3.90. The summed E-state index contributed by atoms with van der Waals surface area (Å²) in [7, 11) is 0. The summed E-state index contributed by atoms with van der Waals surface area (Å²) in [6, 6.07) is 19.4. The summed E-state index contributed by atoms with van der Waals surface area (Å²) in [4.78, 5) is 38.3. The van der Waals surface area contributed by atoms with E-state index < -0.39 is 5.97 Å². The van der Waals surface area contributed by atoms with Gasteiger partial charge in [-0.3, -0.25) is 9.59 Å². The molecule has 0 saturated carbocycles. The van der Waals surface area contributed by atoms with Crippen LogP contribution in [0.3, 0.4) is 0 Å². The van der Waals surface area contributed by atoms with Gasteiger partial charge in [0.15, 0.2) is 6.61 Å². The number of likely N-dealkylation sites (tertiary alicyclic amines) is 1. The van der Waals surface area contributed by atoms with Gasteiger partial charge in [-0.15, -0.1) is 0 Å². The molecule has 0 bridgehead atoms. The van der Waals surface area contributed by atoms with Crippen LogP contribution in [0.4, 0.5) is 0 Å². The molecule has 8 nitrogen and oxygen atoms in total. The summed E-state index contributed by atoms with van der Waals surface area (Å²) in [5.74, 6) is -1.29. The maximum absolute atomic E-state index is 12.5. The lowest BCUT2D eigenvalue weighted by atomic mass is 9.97. The zero-order chi connectivity index (χ0) is 25.3. The minimum Gasteiger partial charge on any atom is -0.466 e. The molecule has 2 heterocycles. The molecule has 0 spiro atoms. The van der Waals surface area contributed by atoms with E-state index in [2.05, 4.69) is 0 Å². The molecule has 2 aromatic carbocycles. The van der Waals surface area contributed by atoms with Gasteiger partial charge in [0.05, 0.1) is 23.9 Å². The molecule has 1 fully saturated rings. The molecule has 4 rings (SSSR count). The third-order valence-corrected chi connectivity index (χ3v) is 6.01. The topological polar surface area (TPSA) is 90.7 Å². The van der Waals surface area contributed by atoms with Crippen LogP contribution in [0.1, 0.15) is 25.3 Å². The van der Waals surface area contributed by atoms with Crippen LogP contribution >= 0.6 is 0 Å². The van der Waals surface area contributed by atoms with E-state index in [-0.39, 0.29) is 24.4 Å². The quantitative estimate of drug-likeness (QED) is 0.354. The number of aromatic nitrogens is 2. The Bertz CT molecular complexity index is 1210. The van der Waals surface area contributed by atoms with Gasteiger partial charge in [-0.05, 0) is 38.0 Å². The number of carbonyl (C=O) groups is 3. The van der Waals surface area contributed by atoms with Crippen LogP contribution in [0.2, 0.25) is 0 Å². The molecule has 1 saturated heterocycles. The van der Waals surface area contributed by atoms with E-state index in [0.29, 0.717) is 32.5 Å². The van der Waals surface area contributed by atoms with Crippen LogP contribution in [0, 0.1) is 5.92 Å². The van der Waals surface area contributed by atoms with E-state index in [1.807, 2.05) is 66.9 Å². The molecule has 0 N–H and O–H groups in total. The van der Waals surface area contributed by atoms with Crippen molar-refractivity contribution < 1.29 is 23.9 Å². The van der Waals surface area contributed by atoms with Crippen molar-refractivity contribution >= 4 is 23.9 Å². The average molecular weight is 488 g/mol. The molecule has 0 aliphatic carbocycles. The minimum atomic E-state index is -0.615. The summed E-state index contributed by atoms with van der Waals surface area (Å²) in [6.07, 6.45) is 5.89. The molecule has 8 heteroatoms. The number of carbonyl (C=O) groups excluding carboxylic acids is 3. The molecular formula is C28H29N3O5. The standard InChI is InChI=1S/C28H29N3O5/c1-2-35-28(34)22-15-17-30(18-16-22)25(32)20-36-26(33)14-13-23-19-31(24-11-7-4-8-12-24)29-27(23)21-9-5-3-6-10-21/h3-14,19,22H,2,15-18,20H2,1H3/b14-13+. The first-order chi connectivity index (χ1) is 17.5. The average Bonchev–Trinajstić information content (AvgIpc) is 3.36. The van der Waals surface area contributed by atoms with Crippen LogP contribution < -0.4 is 0 Å². The van der Waals surface area contributed by atoms with E-state index in [1.165, 1.54) is 6.08 Å². The number of nitrogens with zero attached hydrogens (tertiary/aromatic N) is 3. The van der Waals surface area contributed by atoms with Crippen molar-refractivity contribution in [1.82, 2.24) is 14.7 Å². The van der Waals surface area contributed by atoms with E-state index in [4.69, 9.17) is 14.6 Å². The third kappa shape index (κ3) is 6.27. The highest BCUT2D eigenvalue weighted by Gasteiger charge is 2.28. The van der Waals surface area contributed by atoms with Crippen molar-refractivity contribution in [3.63, 3.8) is 0 Å². The Morgan fingerprint density at radius 1 is 0.972 bits per heavy atom. The highest BCUT2D eigenvalue weighted by atomic mass is 16.5. The predicted molar refractivity (Wildman–Crippen MR) is 135 cm³/mol. The Kier molecular flexibility index (Phi) is 8.28. The van der Waals surface area contributed by atoms with Crippen LogP contribution in [-0.4, -0.2) is 58.8 Å². The van der Waals surface area contributed by atoms with Crippen molar-refractivity contribution in [2.45, 2.75) is 19.8 Å².